The number of nitrogens with two attached hydrogens (primary N) is 1. The maximum atomic E-state index is 11.4. The first-order chi connectivity index (χ1) is 9.49. The number of anilines is 1. The summed E-state index contributed by atoms with van der Waals surface area (Å²) in [5, 5.41) is 3.69. The summed E-state index contributed by atoms with van der Waals surface area (Å²) < 4.78 is 0.971. The van der Waals surface area contributed by atoms with Gasteiger partial charge in [0.25, 0.3) is 5.56 Å². The molecule has 0 aliphatic rings. The van der Waals surface area contributed by atoms with Crippen molar-refractivity contribution in [3.05, 3.63) is 44.7 Å². The minimum absolute atomic E-state index is 0.193. The minimum atomic E-state index is -0.252. The number of aromatic nitrogens is 2. The molecule has 7 heteroatoms. The van der Waals surface area contributed by atoms with Gasteiger partial charge in [-0.25, -0.2) is 4.98 Å². The van der Waals surface area contributed by atoms with Crippen LogP contribution in [0.2, 0.25) is 0 Å². The summed E-state index contributed by atoms with van der Waals surface area (Å²) in [5.74, 6) is 0.217. The van der Waals surface area contributed by atoms with Gasteiger partial charge in [-0.15, -0.1) is 0 Å². The Morgan fingerprint density at radius 2 is 2.20 bits per heavy atom. The topological polar surface area (TPSA) is 83.8 Å². The zero-order chi connectivity index (χ0) is 14.7. The van der Waals surface area contributed by atoms with E-state index in [1.165, 1.54) is 17.8 Å². The van der Waals surface area contributed by atoms with E-state index in [9.17, 15) is 4.79 Å². The van der Waals surface area contributed by atoms with Gasteiger partial charge in [0.2, 0.25) is 0 Å². The number of rotatable bonds is 4. The number of benzene rings is 1. The highest BCUT2D eigenvalue weighted by Crippen LogP contribution is 2.33. The van der Waals surface area contributed by atoms with E-state index in [2.05, 4.69) is 38.1 Å². The Hall–Kier alpha value is -1.31. The maximum absolute atomic E-state index is 11.4. The van der Waals surface area contributed by atoms with Crippen LogP contribution in [-0.2, 0) is 0 Å². The predicted molar refractivity (Wildman–Crippen MR) is 85.0 cm³/mol. The van der Waals surface area contributed by atoms with Crippen LogP contribution in [0, 0.1) is 0 Å². The summed E-state index contributed by atoms with van der Waals surface area (Å²) in [4.78, 5) is 19.3. The molecule has 2 aromatic rings. The van der Waals surface area contributed by atoms with Gasteiger partial charge in [0.05, 0.1) is 0 Å². The van der Waals surface area contributed by atoms with Gasteiger partial charge in [0, 0.05) is 21.5 Å². The standard InChI is InChI=1S/C13H15BrN4OS/c1-7(16-2)9-4-3-8(14)5-10(9)20-13-17-11(15)6-12(19)18-13/h3-7,16H,1-2H3,(H3,15,17,18,19). The van der Waals surface area contributed by atoms with Gasteiger partial charge >= 0.3 is 0 Å². The molecule has 1 atom stereocenters. The summed E-state index contributed by atoms with van der Waals surface area (Å²) >= 11 is 4.84. The first kappa shape index (κ1) is 15.1. The van der Waals surface area contributed by atoms with Gasteiger partial charge in [-0.1, -0.05) is 33.8 Å². The van der Waals surface area contributed by atoms with Gasteiger partial charge in [0.15, 0.2) is 5.16 Å². The SMILES string of the molecule is CNC(C)c1ccc(Br)cc1Sc1nc(N)cc(=O)[nH]1. The van der Waals surface area contributed by atoms with E-state index < -0.39 is 0 Å². The highest BCUT2D eigenvalue weighted by Gasteiger charge is 2.12. The third kappa shape index (κ3) is 3.62. The van der Waals surface area contributed by atoms with Crippen molar-refractivity contribution in [2.24, 2.45) is 0 Å². The number of hydrogen-bond donors (Lipinski definition) is 3. The monoisotopic (exact) mass is 354 g/mol. The van der Waals surface area contributed by atoms with Crippen molar-refractivity contribution < 1.29 is 0 Å². The number of nitrogen functional groups attached to an aromatic ring is 1. The second-order valence-corrected chi connectivity index (χ2v) is 6.22. The van der Waals surface area contributed by atoms with Gasteiger partial charge in [-0.05, 0) is 31.7 Å². The molecule has 0 radical (unpaired) electrons. The molecule has 20 heavy (non-hydrogen) atoms. The fourth-order valence-corrected chi connectivity index (χ4v) is 3.29. The Morgan fingerprint density at radius 1 is 1.45 bits per heavy atom. The van der Waals surface area contributed by atoms with Crippen LogP contribution in [0.4, 0.5) is 5.82 Å². The second-order valence-electron chi connectivity index (χ2n) is 4.27. The van der Waals surface area contributed by atoms with Crippen molar-refractivity contribution in [1.82, 2.24) is 15.3 Å². The molecule has 0 saturated heterocycles. The van der Waals surface area contributed by atoms with Gasteiger partial charge in [-0.2, -0.15) is 0 Å². The molecule has 0 aliphatic carbocycles. The van der Waals surface area contributed by atoms with Crippen LogP contribution >= 0.6 is 27.7 Å². The normalized spacial score (nSPS) is 12.3. The van der Waals surface area contributed by atoms with Crippen molar-refractivity contribution in [2.75, 3.05) is 12.8 Å². The molecule has 1 heterocycles. The highest BCUT2D eigenvalue weighted by molar-refractivity contribution is 9.10. The van der Waals surface area contributed by atoms with Crippen LogP contribution in [0.5, 0.6) is 0 Å². The lowest BCUT2D eigenvalue weighted by Gasteiger charge is -2.15. The van der Waals surface area contributed by atoms with Gasteiger partial charge < -0.3 is 16.0 Å². The number of aromatic amines is 1. The summed E-state index contributed by atoms with van der Waals surface area (Å²) in [7, 11) is 1.90. The molecule has 1 aromatic heterocycles. The molecular weight excluding hydrogens is 340 g/mol. The number of nitrogens with zero attached hydrogens (tertiary/aromatic N) is 1. The maximum Gasteiger partial charge on any atom is 0.253 e. The molecule has 4 N–H and O–H groups in total. The molecular formula is C13H15BrN4OS. The van der Waals surface area contributed by atoms with E-state index in [1.807, 2.05) is 25.2 Å². The Balaban J connectivity index is 2.41. The van der Waals surface area contributed by atoms with Crippen LogP contribution in [0.3, 0.4) is 0 Å². The minimum Gasteiger partial charge on any atom is -0.383 e. The number of nitrogens with one attached hydrogen (secondary N) is 2. The van der Waals surface area contributed by atoms with Crippen molar-refractivity contribution >= 4 is 33.5 Å². The summed E-state index contributed by atoms with van der Waals surface area (Å²) in [5.41, 5.74) is 6.48. The van der Waals surface area contributed by atoms with Crippen molar-refractivity contribution in [1.29, 1.82) is 0 Å². The molecule has 1 aromatic carbocycles. The Kier molecular flexibility index (Phi) is 4.85. The molecule has 106 valence electrons. The van der Waals surface area contributed by atoms with E-state index in [0.717, 1.165) is 14.9 Å². The largest absolute Gasteiger partial charge is 0.383 e. The average Bonchev–Trinajstić information content (AvgIpc) is 2.37. The molecule has 1 unspecified atom stereocenters. The molecule has 2 rings (SSSR count). The predicted octanol–water partition coefficient (Wildman–Crippen LogP) is 2.55. The van der Waals surface area contributed by atoms with Crippen LogP contribution in [0.25, 0.3) is 0 Å². The first-order valence-corrected chi connectivity index (χ1v) is 7.62. The highest BCUT2D eigenvalue weighted by atomic mass is 79.9. The Bertz CT molecular complexity index is 674. The van der Waals surface area contributed by atoms with Crippen molar-refractivity contribution in [3.63, 3.8) is 0 Å². The average molecular weight is 355 g/mol. The molecule has 0 fully saturated rings. The van der Waals surface area contributed by atoms with Crippen LogP contribution < -0.4 is 16.6 Å². The molecule has 5 nitrogen and oxygen atoms in total. The molecule has 0 spiro atoms. The quantitative estimate of drug-likeness (QED) is 0.734. The number of H-pyrrole nitrogens is 1. The smallest absolute Gasteiger partial charge is 0.253 e. The van der Waals surface area contributed by atoms with Crippen LogP contribution in [0.1, 0.15) is 18.5 Å². The summed E-state index contributed by atoms with van der Waals surface area (Å²) in [6.07, 6.45) is 0. The van der Waals surface area contributed by atoms with Crippen molar-refractivity contribution in [3.8, 4) is 0 Å². The lowest BCUT2D eigenvalue weighted by atomic mass is 10.1. The lowest BCUT2D eigenvalue weighted by Crippen LogP contribution is -2.13. The van der Waals surface area contributed by atoms with E-state index in [4.69, 9.17) is 5.73 Å². The summed E-state index contributed by atoms with van der Waals surface area (Å²) in [6.45, 7) is 2.07. The lowest BCUT2D eigenvalue weighted by molar-refractivity contribution is 0.641. The fraction of sp³-hybridized carbons (Fsp3) is 0.231. The molecule has 0 saturated carbocycles. The summed E-state index contributed by atoms with van der Waals surface area (Å²) in [6, 6.07) is 7.48. The van der Waals surface area contributed by atoms with Gasteiger partial charge in [0.1, 0.15) is 5.82 Å². The zero-order valence-electron chi connectivity index (χ0n) is 11.1. The Morgan fingerprint density at radius 3 is 2.85 bits per heavy atom. The van der Waals surface area contributed by atoms with Crippen LogP contribution in [-0.4, -0.2) is 17.0 Å². The third-order valence-electron chi connectivity index (χ3n) is 2.82. The number of hydrogen-bond acceptors (Lipinski definition) is 5. The van der Waals surface area contributed by atoms with Crippen molar-refractivity contribution in [2.45, 2.75) is 23.0 Å². The first-order valence-electron chi connectivity index (χ1n) is 6.01. The second kappa shape index (κ2) is 6.43. The molecule has 0 amide bonds. The van der Waals surface area contributed by atoms with E-state index >= 15 is 0 Å². The van der Waals surface area contributed by atoms with Crippen LogP contribution in [0.15, 0.2) is 43.6 Å². The zero-order valence-corrected chi connectivity index (χ0v) is 13.5. The fourth-order valence-electron chi connectivity index (χ4n) is 1.72. The molecule has 0 bridgehead atoms. The van der Waals surface area contributed by atoms with E-state index in [0.29, 0.717) is 5.16 Å². The Labute approximate surface area is 129 Å². The molecule has 0 aliphatic heterocycles. The van der Waals surface area contributed by atoms with E-state index in [-0.39, 0.29) is 17.4 Å². The third-order valence-corrected chi connectivity index (χ3v) is 4.27. The number of halogens is 1. The van der Waals surface area contributed by atoms with E-state index in [1.54, 1.807) is 0 Å². The van der Waals surface area contributed by atoms with Gasteiger partial charge in [-0.3, -0.25) is 4.79 Å².